The summed E-state index contributed by atoms with van der Waals surface area (Å²) in [6.45, 7) is 0. The van der Waals surface area contributed by atoms with Crippen LogP contribution < -0.4 is 5.32 Å². The summed E-state index contributed by atoms with van der Waals surface area (Å²) in [7, 11) is 1.30. The Kier molecular flexibility index (Phi) is 4.99. The van der Waals surface area contributed by atoms with Crippen LogP contribution in [0.3, 0.4) is 0 Å². The second-order valence-corrected chi connectivity index (χ2v) is 5.50. The van der Waals surface area contributed by atoms with Crippen molar-refractivity contribution in [1.82, 2.24) is 10.3 Å². The second-order valence-electron chi connectivity index (χ2n) is 5.50. The van der Waals surface area contributed by atoms with Crippen molar-refractivity contribution >= 4 is 28.9 Å². The molecule has 2 aromatic heterocycles. The molecule has 0 spiro atoms. The first kappa shape index (κ1) is 16.6. The highest BCUT2D eigenvalue weighted by atomic mass is 16.5. The number of aromatic amines is 1. The van der Waals surface area contributed by atoms with Gasteiger partial charge in [0.05, 0.1) is 13.4 Å². The minimum Gasteiger partial charge on any atom is -0.467 e. The number of rotatable bonds is 6. The first-order chi connectivity index (χ1) is 12.2. The minimum absolute atomic E-state index is 0.330. The summed E-state index contributed by atoms with van der Waals surface area (Å²) >= 11 is 0. The van der Waals surface area contributed by atoms with E-state index in [1.165, 1.54) is 25.5 Å². The first-order valence-electron chi connectivity index (χ1n) is 7.82. The topological polar surface area (TPSA) is 84.3 Å². The summed E-state index contributed by atoms with van der Waals surface area (Å²) in [5.41, 5.74) is 1.91. The number of esters is 1. The van der Waals surface area contributed by atoms with E-state index in [0.29, 0.717) is 12.2 Å². The lowest BCUT2D eigenvalue weighted by Crippen LogP contribution is -2.42. The van der Waals surface area contributed by atoms with Crippen LogP contribution in [-0.2, 0) is 20.7 Å². The van der Waals surface area contributed by atoms with Gasteiger partial charge in [-0.1, -0.05) is 18.2 Å². The zero-order chi connectivity index (χ0) is 17.6. The van der Waals surface area contributed by atoms with E-state index in [9.17, 15) is 9.59 Å². The van der Waals surface area contributed by atoms with Crippen LogP contribution in [0.5, 0.6) is 0 Å². The van der Waals surface area contributed by atoms with E-state index in [2.05, 4.69) is 10.3 Å². The zero-order valence-electron chi connectivity index (χ0n) is 13.7. The van der Waals surface area contributed by atoms with E-state index in [0.717, 1.165) is 16.5 Å². The SMILES string of the molecule is COC(=O)C(Cc1c[nH]c2ccccc12)NC(=O)C=Cc1ccco1. The molecule has 0 aliphatic heterocycles. The van der Waals surface area contributed by atoms with Crippen molar-refractivity contribution in [3.63, 3.8) is 0 Å². The number of aromatic nitrogens is 1. The molecule has 1 amide bonds. The average molecular weight is 338 g/mol. The molecular weight excluding hydrogens is 320 g/mol. The maximum Gasteiger partial charge on any atom is 0.328 e. The van der Waals surface area contributed by atoms with Crippen LogP contribution in [0.25, 0.3) is 17.0 Å². The van der Waals surface area contributed by atoms with Gasteiger partial charge in [0.15, 0.2) is 0 Å². The Bertz CT molecular complexity index is 893. The Hall–Kier alpha value is -3.28. The van der Waals surface area contributed by atoms with Gasteiger partial charge in [-0.15, -0.1) is 0 Å². The number of benzene rings is 1. The van der Waals surface area contributed by atoms with Crippen molar-refractivity contribution in [3.05, 3.63) is 66.3 Å². The molecule has 0 bridgehead atoms. The number of fused-ring (bicyclic) bond motifs is 1. The van der Waals surface area contributed by atoms with Crippen molar-refractivity contribution in [2.45, 2.75) is 12.5 Å². The Morgan fingerprint density at radius 2 is 2.12 bits per heavy atom. The number of amides is 1. The summed E-state index contributed by atoms with van der Waals surface area (Å²) in [6.07, 6.45) is 6.55. The van der Waals surface area contributed by atoms with Crippen LogP contribution >= 0.6 is 0 Å². The molecule has 1 atom stereocenters. The minimum atomic E-state index is -0.780. The highest BCUT2D eigenvalue weighted by Crippen LogP contribution is 2.19. The third kappa shape index (κ3) is 3.98. The molecule has 6 nitrogen and oxygen atoms in total. The van der Waals surface area contributed by atoms with Gasteiger partial charge < -0.3 is 19.5 Å². The summed E-state index contributed by atoms with van der Waals surface area (Å²) < 4.78 is 9.95. The van der Waals surface area contributed by atoms with Crippen LogP contribution in [0.4, 0.5) is 0 Å². The third-order valence-corrected chi connectivity index (χ3v) is 3.84. The fourth-order valence-electron chi connectivity index (χ4n) is 2.62. The van der Waals surface area contributed by atoms with Crippen LogP contribution in [-0.4, -0.2) is 30.0 Å². The van der Waals surface area contributed by atoms with Crippen molar-refractivity contribution in [1.29, 1.82) is 0 Å². The number of carbonyl (C=O) groups excluding carboxylic acids is 2. The molecule has 0 saturated heterocycles. The Labute approximate surface area is 144 Å². The van der Waals surface area contributed by atoms with E-state index in [-0.39, 0.29) is 0 Å². The van der Waals surface area contributed by atoms with Crippen LogP contribution in [0, 0.1) is 0 Å². The van der Waals surface area contributed by atoms with Gasteiger partial charge in [0.1, 0.15) is 11.8 Å². The number of hydrogen-bond donors (Lipinski definition) is 2. The zero-order valence-corrected chi connectivity index (χ0v) is 13.7. The van der Waals surface area contributed by atoms with E-state index < -0.39 is 17.9 Å². The summed E-state index contributed by atoms with van der Waals surface area (Å²) in [4.78, 5) is 27.3. The number of H-pyrrole nitrogens is 1. The van der Waals surface area contributed by atoms with Gasteiger partial charge >= 0.3 is 5.97 Å². The molecule has 1 unspecified atom stereocenters. The van der Waals surface area contributed by atoms with Gasteiger partial charge in [-0.2, -0.15) is 0 Å². The molecule has 0 aliphatic carbocycles. The molecule has 3 aromatic rings. The molecular formula is C19H18N2O4. The molecule has 0 saturated carbocycles. The monoisotopic (exact) mass is 338 g/mol. The smallest absolute Gasteiger partial charge is 0.328 e. The Morgan fingerprint density at radius 1 is 1.28 bits per heavy atom. The molecule has 2 heterocycles. The van der Waals surface area contributed by atoms with Crippen LogP contribution in [0.15, 0.2) is 59.4 Å². The van der Waals surface area contributed by atoms with Gasteiger partial charge in [-0.3, -0.25) is 4.79 Å². The van der Waals surface area contributed by atoms with Gasteiger partial charge in [0, 0.05) is 29.6 Å². The first-order valence-corrected chi connectivity index (χ1v) is 7.82. The predicted molar refractivity (Wildman–Crippen MR) is 93.7 cm³/mol. The van der Waals surface area contributed by atoms with Crippen LogP contribution in [0.2, 0.25) is 0 Å². The fraction of sp³-hybridized carbons (Fsp3) is 0.158. The van der Waals surface area contributed by atoms with Gasteiger partial charge in [0.2, 0.25) is 5.91 Å². The Balaban J connectivity index is 1.73. The van der Waals surface area contributed by atoms with Crippen LogP contribution in [0.1, 0.15) is 11.3 Å². The van der Waals surface area contributed by atoms with E-state index in [4.69, 9.17) is 9.15 Å². The molecule has 2 N–H and O–H groups in total. The van der Waals surface area contributed by atoms with E-state index >= 15 is 0 Å². The summed E-state index contributed by atoms with van der Waals surface area (Å²) in [5, 5.41) is 3.69. The van der Waals surface area contributed by atoms with Gasteiger partial charge in [-0.25, -0.2) is 4.79 Å². The van der Waals surface area contributed by atoms with Crippen molar-refractivity contribution in [2.75, 3.05) is 7.11 Å². The van der Waals surface area contributed by atoms with Crippen molar-refractivity contribution < 1.29 is 18.7 Å². The van der Waals surface area contributed by atoms with E-state index in [1.54, 1.807) is 12.1 Å². The number of methoxy groups -OCH3 is 1. The molecule has 3 rings (SSSR count). The molecule has 1 aromatic carbocycles. The largest absolute Gasteiger partial charge is 0.467 e. The van der Waals surface area contributed by atoms with Gasteiger partial charge in [-0.05, 0) is 29.8 Å². The molecule has 0 fully saturated rings. The average Bonchev–Trinajstić information content (AvgIpc) is 3.29. The fourth-order valence-corrected chi connectivity index (χ4v) is 2.62. The van der Waals surface area contributed by atoms with E-state index in [1.807, 2.05) is 30.5 Å². The number of para-hydroxylation sites is 1. The molecule has 6 heteroatoms. The second kappa shape index (κ2) is 7.53. The molecule has 128 valence electrons. The standard InChI is InChI=1S/C19H18N2O4/c1-24-19(23)17(21-18(22)9-8-14-5-4-10-25-14)11-13-12-20-16-7-3-2-6-15(13)16/h2-10,12,17,20H,11H2,1H3,(H,21,22). The predicted octanol–water partition coefficient (Wildman–Crippen LogP) is 2.67. The number of furan rings is 1. The molecule has 0 aliphatic rings. The molecule has 0 radical (unpaired) electrons. The maximum atomic E-state index is 12.1. The quantitative estimate of drug-likeness (QED) is 0.534. The lowest BCUT2D eigenvalue weighted by atomic mass is 10.0. The number of nitrogens with one attached hydrogen (secondary N) is 2. The summed E-state index contributed by atoms with van der Waals surface area (Å²) in [6, 6.07) is 10.5. The third-order valence-electron chi connectivity index (χ3n) is 3.84. The normalized spacial score (nSPS) is 12.4. The summed E-state index contributed by atoms with van der Waals surface area (Å²) in [5.74, 6) is -0.335. The number of ether oxygens (including phenoxy) is 1. The highest BCUT2D eigenvalue weighted by molar-refractivity contribution is 5.94. The molecule has 25 heavy (non-hydrogen) atoms. The van der Waals surface area contributed by atoms with Crippen molar-refractivity contribution in [3.8, 4) is 0 Å². The number of hydrogen-bond acceptors (Lipinski definition) is 4. The number of carbonyl (C=O) groups is 2. The highest BCUT2D eigenvalue weighted by Gasteiger charge is 2.22. The van der Waals surface area contributed by atoms with Crippen molar-refractivity contribution in [2.24, 2.45) is 0 Å². The van der Waals surface area contributed by atoms with Gasteiger partial charge in [0.25, 0.3) is 0 Å². The lowest BCUT2D eigenvalue weighted by molar-refractivity contribution is -0.144. The maximum absolute atomic E-state index is 12.1. The lowest BCUT2D eigenvalue weighted by Gasteiger charge is -2.15. The Morgan fingerprint density at radius 3 is 2.88 bits per heavy atom.